The molecule has 0 radical (unpaired) electrons. The van der Waals surface area contributed by atoms with Crippen LogP contribution in [0.2, 0.25) is 0 Å². The minimum Gasteiger partial charge on any atom is -0.337 e. The summed E-state index contributed by atoms with van der Waals surface area (Å²) in [6, 6.07) is 13.9. The molecule has 2 atom stereocenters. The van der Waals surface area contributed by atoms with E-state index in [1.54, 1.807) is 12.1 Å². The number of likely N-dealkylation sites (tertiary alicyclic amines) is 1. The molecule has 4 rings (SSSR count). The first-order valence-electron chi connectivity index (χ1n) is 8.53. The Morgan fingerprint density at radius 1 is 1.04 bits per heavy atom. The Labute approximate surface area is 141 Å². The number of rotatable bonds is 3. The standard InChI is InChI=1S/C20H21FN2O/c21-15-9-7-13(8-10-15)16-3-1-2-4-17(16)20(24)23-11-18(14-5-6-14)19(22)12-23/h1-4,7-10,14,18-19H,5-6,11-12,22H2/t18-,19+/m0/s1. The zero-order valence-corrected chi connectivity index (χ0v) is 13.5. The molecule has 1 aliphatic heterocycles. The minimum absolute atomic E-state index is 0.0218. The number of hydrogen-bond donors (Lipinski definition) is 1. The lowest BCUT2D eigenvalue weighted by molar-refractivity contribution is 0.0785. The quantitative estimate of drug-likeness (QED) is 0.941. The molecule has 1 saturated carbocycles. The van der Waals surface area contributed by atoms with Crippen LogP contribution < -0.4 is 5.73 Å². The summed E-state index contributed by atoms with van der Waals surface area (Å²) < 4.78 is 13.2. The maximum Gasteiger partial charge on any atom is 0.254 e. The summed E-state index contributed by atoms with van der Waals surface area (Å²) in [6.07, 6.45) is 2.49. The highest BCUT2D eigenvalue weighted by molar-refractivity contribution is 6.01. The molecule has 124 valence electrons. The van der Waals surface area contributed by atoms with Gasteiger partial charge in [0.15, 0.2) is 0 Å². The van der Waals surface area contributed by atoms with Crippen molar-refractivity contribution >= 4 is 5.91 Å². The Morgan fingerprint density at radius 3 is 2.46 bits per heavy atom. The molecule has 0 unspecified atom stereocenters. The van der Waals surface area contributed by atoms with Gasteiger partial charge in [-0.3, -0.25) is 4.79 Å². The lowest BCUT2D eigenvalue weighted by Crippen LogP contribution is -2.32. The summed E-state index contributed by atoms with van der Waals surface area (Å²) in [7, 11) is 0. The molecule has 2 aliphatic rings. The fourth-order valence-corrected chi connectivity index (χ4v) is 3.76. The molecule has 3 nitrogen and oxygen atoms in total. The molecule has 0 spiro atoms. The number of nitrogens with two attached hydrogens (primary N) is 1. The first-order chi connectivity index (χ1) is 11.6. The zero-order valence-electron chi connectivity index (χ0n) is 13.5. The van der Waals surface area contributed by atoms with Crippen LogP contribution in [0.25, 0.3) is 11.1 Å². The molecule has 2 aromatic rings. The summed E-state index contributed by atoms with van der Waals surface area (Å²) in [6.45, 7) is 1.38. The summed E-state index contributed by atoms with van der Waals surface area (Å²) in [5.41, 5.74) is 8.60. The molecule has 24 heavy (non-hydrogen) atoms. The van der Waals surface area contributed by atoms with E-state index in [9.17, 15) is 9.18 Å². The Hall–Kier alpha value is -2.20. The lowest BCUT2D eigenvalue weighted by Gasteiger charge is -2.18. The van der Waals surface area contributed by atoms with Crippen molar-refractivity contribution in [3.8, 4) is 11.1 Å². The fraction of sp³-hybridized carbons (Fsp3) is 0.350. The first kappa shape index (κ1) is 15.3. The third-order valence-corrected chi connectivity index (χ3v) is 5.24. The first-order valence-corrected chi connectivity index (χ1v) is 8.53. The van der Waals surface area contributed by atoms with E-state index in [0.29, 0.717) is 23.9 Å². The molecule has 2 fully saturated rings. The number of nitrogens with zero attached hydrogens (tertiary/aromatic N) is 1. The normalized spacial score (nSPS) is 23.5. The highest BCUT2D eigenvalue weighted by atomic mass is 19.1. The minimum atomic E-state index is -0.277. The van der Waals surface area contributed by atoms with E-state index in [-0.39, 0.29) is 17.8 Å². The van der Waals surface area contributed by atoms with Gasteiger partial charge in [-0.15, -0.1) is 0 Å². The molecular formula is C20H21FN2O. The van der Waals surface area contributed by atoms with Gasteiger partial charge in [0.1, 0.15) is 5.82 Å². The van der Waals surface area contributed by atoms with Crippen LogP contribution in [0.5, 0.6) is 0 Å². The molecule has 1 aliphatic carbocycles. The van der Waals surface area contributed by atoms with E-state index in [4.69, 9.17) is 5.73 Å². The molecule has 2 N–H and O–H groups in total. The van der Waals surface area contributed by atoms with Gasteiger partial charge >= 0.3 is 0 Å². The van der Waals surface area contributed by atoms with Crippen molar-refractivity contribution in [3.05, 3.63) is 59.9 Å². The predicted octanol–water partition coefficient (Wildman–Crippen LogP) is 3.30. The average Bonchev–Trinajstić information content (AvgIpc) is 3.37. The second kappa shape index (κ2) is 6.02. The highest BCUT2D eigenvalue weighted by Gasteiger charge is 2.42. The monoisotopic (exact) mass is 324 g/mol. The Kier molecular flexibility index (Phi) is 3.85. The van der Waals surface area contributed by atoms with E-state index in [2.05, 4.69) is 0 Å². The van der Waals surface area contributed by atoms with Gasteiger partial charge in [-0.05, 0) is 54.0 Å². The van der Waals surface area contributed by atoms with E-state index in [0.717, 1.165) is 17.7 Å². The highest BCUT2D eigenvalue weighted by Crippen LogP contribution is 2.41. The largest absolute Gasteiger partial charge is 0.337 e. The molecule has 4 heteroatoms. The van der Waals surface area contributed by atoms with Crippen LogP contribution in [0, 0.1) is 17.7 Å². The van der Waals surface area contributed by atoms with Crippen LogP contribution in [0.15, 0.2) is 48.5 Å². The second-order valence-electron chi connectivity index (χ2n) is 6.93. The summed E-state index contributed by atoms with van der Waals surface area (Å²) in [5, 5.41) is 0. The Morgan fingerprint density at radius 2 is 1.75 bits per heavy atom. The smallest absolute Gasteiger partial charge is 0.254 e. The second-order valence-corrected chi connectivity index (χ2v) is 6.93. The van der Waals surface area contributed by atoms with Crippen molar-refractivity contribution < 1.29 is 9.18 Å². The lowest BCUT2D eigenvalue weighted by atomic mass is 9.98. The van der Waals surface area contributed by atoms with Gasteiger partial charge in [0.05, 0.1) is 0 Å². The SMILES string of the molecule is N[C@@H]1CN(C(=O)c2ccccc2-c2ccc(F)cc2)C[C@H]1C1CC1. The van der Waals surface area contributed by atoms with Crippen LogP contribution in [0.3, 0.4) is 0 Å². The van der Waals surface area contributed by atoms with Crippen LogP contribution in [0.4, 0.5) is 4.39 Å². The van der Waals surface area contributed by atoms with Crippen molar-refractivity contribution in [2.24, 2.45) is 17.6 Å². The topological polar surface area (TPSA) is 46.3 Å². The summed E-state index contributed by atoms with van der Waals surface area (Å²) in [5.74, 6) is 0.881. The third kappa shape index (κ3) is 2.82. The van der Waals surface area contributed by atoms with Gasteiger partial charge in [0.25, 0.3) is 5.91 Å². The molecule has 1 amide bonds. The molecule has 0 aromatic heterocycles. The van der Waals surface area contributed by atoms with Crippen LogP contribution in [0.1, 0.15) is 23.2 Å². The predicted molar refractivity (Wildman–Crippen MR) is 91.9 cm³/mol. The molecule has 1 heterocycles. The van der Waals surface area contributed by atoms with E-state index in [1.165, 1.54) is 25.0 Å². The Balaban J connectivity index is 1.62. The maximum absolute atomic E-state index is 13.2. The number of amides is 1. The number of halogens is 1. The summed E-state index contributed by atoms with van der Waals surface area (Å²) in [4.78, 5) is 14.9. The molecule has 0 bridgehead atoms. The maximum atomic E-state index is 13.2. The fourth-order valence-electron chi connectivity index (χ4n) is 3.76. The average molecular weight is 324 g/mol. The molecule has 2 aromatic carbocycles. The zero-order chi connectivity index (χ0) is 16.7. The van der Waals surface area contributed by atoms with Gasteiger partial charge in [-0.2, -0.15) is 0 Å². The molecule has 1 saturated heterocycles. The van der Waals surface area contributed by atoms with E-state index >= 15 is 0 Å². The van der Waals surface area contributed by atoms with Crippen molar-refractivity contribution in [1.29, 1.82) is 0 Å². The van der Waals surface area contributed by atoms with Crippen LogP contribution >= 0.6 is 0 Å². The van der Waals surface area contributed by atoms with Gasteiger partial charge in [-0.25, -0.2) is 4.39 Å². The number of carbonyl (C=O) groups excluding carboxylic acids is 1. The van der Waals surface area contributed by atoms with Crippen molar-refractivity contribution in [3.63, 3.8) is 0 Å². The van der Waals surface area contributed by atoms with Crippen molar-refractivity contribution in [2.75, 3.05) is 13.1 Å². The number of benzene rings is 2. The van der Waals surface area contributed by atoms with Crippen molar-refractivity contribution in [2.45, 2.75) is 18.9 Å². The van der Waals surface area contributed by atoms with Gasteiger partial charge in [0.2, 0.25) is 0 Å². The van der Waals surface area contributed by atoms with Gasteiger partial charge in [-0.1, -0.05) is 30.3 Å². The summed E-state index contributed by atoms with van der Waals surface area (Å²) >= 11 is 0. The van der Waals surface area contributed by atoms with Crippen LogP contribution in [-0.4, -0.2) is 29.9 Å². The van der Waals surface area contributed by atoms with Gasteiger partial charge < -0.3 is 10.6 Å². The number of hydrogen-bond acceptors (Lipinski definition) is 2. The number of carbonyl (C=O) groups is 1. The van der Waals surface area contributed by atoms with Crippen molar-refractivity contribution in [1.82, 2.24) is 4.90 Å². The van der Waals surface area contributed by atoms with E-state index < -0.39 is 0 Å². The molecular weight excluding hydrogens is 303 g/mol. The Bertz CT molecular complexity index is 754. The van der Waals surface area contributed by atoms with Crippen LogP contribution in [-0.2, 0) is 0 Å². The third-order valence-electron chi connectivity index (χ3n) is 5.24. The van der Waals surface area contributed by atoms with E-state index in [1.807, 2.05) is 29.2 Å². The van der Waals surface area contributed by atoms with Gasteiger partial charge in [0, 0.05) is 24.7 Å².